The van der Waals surface area contributed by atoms with Crippen molar-refractivity contribution >= 4 is 5.78 Å². The number of carbonyl (C=O) groups excluding carboxylic acids is 1. The standard InChI is InChI=1S/C22H30FNO2/c1-15-13-18(3-6-21(15)23)17-8-11-24(12-9-17)20-7-10-22(16(2)25,26-14-20)19-4-5-19/h3,6,13,17,19-20H,4-5,7-12,14H2,1-2H3/t20-,22-/m1/s1. The number of nitrogens with zero attached hydrogens (tertiary/aromatic N) is 1. The molecule has 1 aromatic carbocycles. The number of piperidine rings is 1. The van der Waals surface area contributed by atoms with Gasteiger partial charge in [0.25, 0.3) is 0 Å². The van der Waals surface area contributed by atoms with E-state index in [0.29, 0.717) is 24.5 Å². The number of rotatable bonds is 4. The molecule has 2 saturated heterocycles. The zero-order valence-electron chi connectivity index (χ0n) is 16.0. The van der Waals surface area contributed by atoms with Gasteiger partial charge in [-0.2, -0.15) is 0 Å². The Kier molecular flexibility index (Phi) is 4.91. The van der Waals surface area contributed by atoms with Crippen LogP contribution in [-0.4, -0.2) is 42.0 Å². The Morgan fingerprint density at radius 3 is 2.46 bits per heavy atom. The minimum absolute atomic E-state index is 0.116. The highest BCUT2D eigenvalue weighted by molar-refractivity contribution is 5.86. The molecule has 0 amide bonds. The van der Waals surface area contributed by atoms with E-state index in [0.717, 1.165) is 57.2 Å². The maximum atomic E-state index is 13.5. The third-order valence-electron chi connectivity index (χ3n) is 6.91. The van der Waals surface area contributed by atoms with E-state index in [2.05, 4.69) is 4.90 Å². The van der Waals surface area contributed by atoms with Crippen LogP contribution in [0.3, 0.4) is 0 Å². The molecule has 0 N–H and O–H groups in total. The smallest absolute Gasteiger partial charge is 0.161 e. The summed E-state index contributed by atoms with van der Waals surface area (Å²) in [4.78, 5) is 14.7. The summed E-state index contributed by atoms with van der Waals surface area (Å²) in [6, 6.07) is 6.00. The molecule has 4 heteroatoms. The van der Waals surface area contributed by atoms with Crippen LogP contribution in [0.1, 0.15) is 62.5 Å². The highest BCUT2D eigenvalue weighted by atomic mass is 19.1. The third-order valence-corrected chi connectivity index (χ3v) is 6.91. The number of likely N-dealkylation sites (tertiary alicyclic amines) is 1. The fourth-order valence-electron chi connectivity index (χ4n) is 5.03. The topological polar surface area (TPSA) is 29.5 Å². The Balaban J connectivity index is 1.33. The molecule has 2 atom stereocenters. The van der Waals surface area contributed by atoms with Crippen LogP contribution in [0, 0.1) is 18.7 Å². The number of carbonyl (C=O) groups is 1. The van der Waals surface area contributed by atoms with E-state index in [1.165, 1.54) is 5.56 Å². The third kappa shape index (κ3) is 3.34. The summed E-state index contributed by atoms with van der Waals surface area (Å²) in [6.45, 7) is 6.36. The van der Waals surface area contributed by atoms with Crippen molar-refractivity contribution in [2.24, 2.45) is 5.92 Å². The number of ketones is 1. The van der Waals surface area contributed by atoms with Gasteiger partial charge in [0.2, 0.25) is 0 Å². The molecule has 3 aliphatic rings. The Bertz CT molecular complexity index is 669. The molecule has 1 aromatic rings. The average Bonchev–Trinajstić information content (AvgIpc) is 3.50. The number of halogens is 1. The summed E-state index contributed by atoms with van der Waals surface area (Å²) in [5.41, 5.74) is 1.54. The Morgan fingerprint density at radius 2 is 1.92 bits per heavy atom. The van der Waals surface area contributed by atoms with Crippen LogP contribution >= 0.6 is 0 Å². The molecule has 142 valence electrons. The molecule has 0 bridgehead atoms. The van der Waals surface area contributed by atoms with Crippen molar-refractivity contribution in [3.63, 3.8) is 0 Å². The lowest BCUT2D eigenvalue weighted by molar-refractivity contribution is -0.160. The zero-order chi connectivity index (χ0) is 18.3. The van der Waals surface area contributed by atoms with E-state index in [4.69, 9.17) is 4.74 Å². The van der Waals surface area contributed by atoms with E-state index in [9.17, 15) is 9.18 Å². The molecule has 0 spiro atoms. The highest BCUT2D eigenvalue weighted by Crippen LogP contribution is 2.47. The second-order valence-corrected chi connectivity index (χ2v) is 8.54. The molecule has 4 rings (SSSR count). The van der Waals surface area contributed by atoms with E-state index in [-0.39, 0.29) is 11.6 Å². The van der Waals surface area contributed by atoms with Crippen molar-refractivity contribution in [2.45, 2.75) is 69.9 Å². The lowest BCUT2D eigenvalue weighted by atomic mass is 9.83. The first kappa shape index (κ1) is 18.1. The Hall–Kier alpha value is -1.26. The minimum Gasteiger partial charge on any atom is -0.365 e. The first-order valence-corrected chi connectivity index (χ1v) is 10.1. The molecule has 1 aliphatic carbocycles. The van der Waals surface area contributed by atoms with E-state index >= 15 is 0 Å². The molecule has 0 unspecified atom stereocenters. The first-order valence-electron chi connectivity index (χ1n) is 10.1. The molecular formula is C22H30FNO2. The number of aryl methyl sites for hydroxylation is 1. The average molecular weight is 359 g/mol. The van der Waals surface area contributed by atoms with E-state index in [1.54, 1.807) is 13.0 Å². The first-order chi connectivity index (χ1) is 12.5. The predicted octanol–water partition coefficient (Wildman–Crippen LogP) is 4.23. The second kappa shape index (κ2) is 7.05. The number of hydrogen-bond donors (Lipinski definition) is 0. The van der Waals surface area contributed by atoms with Crippen LogP contribution in [0.15, 0.2) is 18.2 Å². The Morgan fingerprint density at radius 1 is 1.19 bits per heavy atom. The number of Topliss-reactive ketones (excluding diaryl/α,β-unsaturated/α-hetero) is 1. The monoisotopic (exact) mass is 359 g/mol. The summed E-state index contributed by atoms with van der Waals surface area (Å²) in [5, 5.41) is 0. The van der Waals surface area contributed by atoms with Gasteiger partial charge in [-0.1, -0.05) is 12.1 Å². The normalized spacial score (nSPS) is 31.1. The summed E-state index contributed by atoms with van der Waals surface area (Å²) in [7, 11) is 0. The highest BCUT2D eigenvalue weighted by Gasteiger charge is 2.52. The van der Waals surface area contributed by atoms with Gasteiger partial charge in [-0.15, -0.1) is 0 Å². The van der Waals surface area contributed by atoms with Crippen molar-refractivity contribution in [2.75, 3.05) is 19.7 Å². The number of benzene rings is 1. The van der Waals surface area contributed by atoms with E-state index < -0.39 is 5.60 Å². The maximum Gasteiger partial charge on any atom is 0.161 e. The van der Waals surface area contributed by atoms with E-state index in [1.807, 2.05) is 19.1 Å². The maximum absolute atomic E-state index is 13.5. The SMILES string of the molecule is CC(=O)[C@@]1(C2CC2)CC[C@@H](N2CCC(c3ccc(F)c(C)c3)CC2)CO1. The van der Waals surface area contributed by atoms with Crippen LogP contribution in [0.4, 0.5) is 4.39 Å². The summed E-state index contributed by atoms with van der Waals surface area (Å²) in [5.74, 6) is 1.10. The second-order valence-electron chi connectivity index (χ2n) is 8.54. The summed E-state index contributed by atoms with van der Waals surface area (Å²) >= 11 is 0. The minimum atomic E-state index is -0.472. The lowest BCUT2D eigenvalue weighted by Gasteiger charge is -2.44. The Labute approximate surface area is 155 Å². The van der Waals surface area contributed by atoms with Crippen LogP contribution in [0.25, 0.3) is 0 Å². The summed E-state index contributed by atoms with van der Waals surface area (Å²) < 4.78 is 19.7. The molecule has 0 aromatic heterocycles. The fraction of sp³-hybridized carbons (Fsp3) is 0.682. The number of ether oxygens (including phenoxy) is 1. The van der Waals surface area contributed by atoms with Gasteiger partial charge in [0, 0.05) is 6.04 Å². The number of hydrogen-bond acceptors (Lipinski definition) is 3. The van der Waals surface area contributed by atoms with Crippen LogP contribution in [-0.2, 0) is 9.53 Å². The van der Waals surface area contributed by atoms with Gasteiger partial charge in [-0.05, 0) is 94.5 Å². The lowest BCUT2D eigenvalue weighted by Crippen LogP contribution is -2.53. The van der Waals surface area contributed by atoms with Gasteiger partial charge in [0.05, 0.1) is 6.61 Å². The summed E-state index contributed by atoms with van der Waals surface area (Å²) in [6.07, 6.45) is 6.47. The predicted molar refractivity (Wildman–Crippen MR) is 99.8 cm³/mol. The molecule has 0 radical (unpaired) electrons. The molecule has 2 heterocycles. The molecule has 3 nitrogen and oxygen atoms in total. The van der Waals surface area contributed by atoms with Crippen LogP contribution in [0.2, 0.25) is 0 Å². The molecular weight excluding hydrogens is 329 g/mol. The van der Waals surface area contributed by atoms with Gasteiger partial charge in [0.15, 0.2) is 5.78 Å². The molecule has 3 fully saturated rings. The van der Waals surface area contributed by atoms with Gasteiger partial charge in [0.1, 0.15) is 11.4 Å². The molecule has 2 aliphatic heterocycles. The van der Waals surface area contributed by atoms with Gasteiger partial charge < -0.3 is 4.74 Å². The fourth-order valence-corrected chi connectivity index (χ4v) is 5.03. The van der Waals surface area contributed by atoms with Gasteiger partial charge >= 0.3 is 0 Å². The quantitative estimate of drug-likeness (QED) is 0.806. The van der Waals surface area contributed by atoms with Crippen molar-refractivity contribution in [3.05, 3.63) is 35.1 Å². The molecule has 26 heavy (non-hydrogen) atoms. The largest absolute Gasteiger partial charge is 0.365 e. The van der Waals surface area contributed by atoms with Crippen molar-refractivity contribution in [3.8, 4) is 0 Å². The zero-order valence-corrected chi connectivity index (χ0v) is 16.0. The van der Waals surface area contributed by atoms with Crippen molar-refractivity contribution in [1.82, 2.24) is 4.90 Å². The molecule has 1 saturated carbocycles. The van der Waals surface area contributed by atoms with Crippen LogP contribution < -0.4 is 0 Å². The van der Waals surface area contributed by atoms with Gasteiger partial charge in [-0.25, -0.2) is 4.39 Å². The van der Waals surface area contributed by atoms with Crippen LogP contribution in [0.5, 0.6) is 0 Å². The van der Waals surface area contributed by atoms with Crippen molar-refractivity contribution < 1.29 is 13.9 Å². The van der Waals surface area contributed by atoms with Crippen molar-refractivity contribution in [1.29, 1.82) is 0 Å². The van der Waals surface area contributed by atoms with Gasteiger partial charge in [-0.3, -0.25) is 9.69 Å².